The Morgan fingerprint density at radius 1 is 1.25 bits per heavy atom. The molecule has 0 amide bonds. The molecular formula is C18H26O6. The lowest BCUT2D eigenvalue weighted by atomic mass is 9.97. The van der Waals surface area contributed by atoms with Crippen LogP contribution in [-0.2, 0) is 25.6 Å². The van der Waals surface area contributed by atoms with Gasteiger partial charge in [0.05, 0.1) is 18.1 Å². The van der Waals surface area contributed by atoms with Crippen LogP contribution in [0.2, 0.25) is 0 Å². The molecule has 6 heteroatoms. The van der Waals surface area contributed by atoms with Crippen LogP contribution in [0, 0.1) is 5.41 Å². The van der Waals surface area contributed by atoms with Gasteiger partial charge in [0.1, 0.15) is 18.8 Å². The van der Waals surface area contributed by atoms with Crippen molar-refractivity contribution in [1.82, 2.24) is 0 Å². The smallest absolute Gasteiger partial charge is 0.311 e. The summed E-state index contributed by atoms with van der Waals surface area (Å²) in [4.78, 5) is 11.9. The molecule has 1 fully saturated rings. The third-order valence-corrected chi connectivity index (χ3v) is 3.80. The molecular weight excluding hydrogens is 312 g/mol. The Balaban J connectivity index is 1.97. The maximum Gasteiger partial charge on any atom is 0.311 e. The van der Waals surface area contributed by atoms with Gasteiger partial charge in [0.15, 0.2) is 6.29 Å². The summed E-state index contributed by atoms with van der Waals surface area (Å²) in [6.45, 7) is 5.48. The zero-order valence-corrected chi connectivity index (χ0v) is 14.3. The molecule has 0 bridgehead atoms. The Morgan fingerprint density at radius 3 is 2.54 bits per heavy atom. The number of rotatable bonds is 5. The third kappa shape index (κ3) is 5.27. The van der Waals surface area contributed by atoms with Crippen molar-refractivity contribution < 1.29 is 29.2 Å². The van der Waals surface area contributed by atoms with Crippen LogP contribution in [0.1, 0.15) is 32.8 Å². The van der Waals surface area contributed by atoms with Crippen molar-refractivity contribution in [2.75, 3.05) is 6.61 Å². The van der Waals surface area contributed by atoms with E-state index in [0.717, 1.165) is 5.56 Å². The molecule has 0 radical (unpaired) electrons. The van der Waals surface area contributed by atoms with Gasteiger partial charge in [-0.2, -0.15) is 0 Å². The molecule has 6 nitrogen and oxygen atoms in total. The lowest BCUT2D eigenvalue weighted by Gasteiger charge is -2.37. The van der Waals surface area contributed by atoms with E-state index in [1.165, 1.54) is 0 Å². The van der Waals surface area contributed by atoms with Gasteiger partial charge in [-0.15, -0.1) is 0 Å². The van der Waals surface area contributed by atoms with Crippen molar-refractivity contribution in [3.05, 3.63) is 35.9 Å². The SMILES string of the molecule is CC(C)(C)C(=O)OC[C@H]1OC(O)C[C@@H](O)[C@H]1OCc1ccccc1. The van der Waals surface area contributed by atoms with Crippen LogP contribution in [0.4, 0.5) is 0 Å². The van der Waals surface area contributed by atoms with E-state index >= 15 is 0 Å². The van der Waals surface area contributed by atoms with Gasteiger partial charge in [0.25, 0.3) is 0 Å². The number of ether oxygens (including phenoxy) is 3. The number of aliphatic hydroxyl groups is 2. The van der Waals surface area contributed by atoms with Crippen molar-refractivity contribution in [3.63, 3.8) is 0 Å². The molecule has 1 unspecified atom stereocenters. The summed E-state index contributed by atoms with van der Waals surface area (Å²) in [7, 11) is 0. The van der Waals surface area contributed by atoms with Crippen molar-refractivity contribution >= 4 is 5.97 Å². The van der Waals surface area contributed by atoms with Gasteiger partial charge < -0.3 is 24.4 Å². The van der Waals surface area contributed by atoms with Crippen LogP contribution >= 0.6 is 0 Å². The summed E-state index contributed by atoms with van der Waals surface area (Å²) >= 11 is 0. The molecule has 1 saturated heterocycles. The van der Waals surface area contributed by atoms with E-state index in [4.69, 9.17) is 14.2 Å². The fourth-order valence-corrected chi connectivity index (χ4v) is 2.42. The van der Waals surface area contributed by atoms with E-state index in [2.05, 4.69) is 0 Å². The molecule has 4 atom stereocenters. The Morgan fingerprint density at radius 2 is 1.92 bits per heavy atom. The average molecular weight is 338 g/mol. The monoisotopic (exact) mass is 338 g/mol. The minimum atomic E-state index is -1.10. The molecule has 1 aliphatic rings. The Hall–Kier alpha value is -1.47. The zero-order chi connectivity index (χ0) is 17.7. The first-order valence-corrected chi connectivity index (χ1v) is 8.11. The van der Waals surface area contributed by atoms with Gasteiger partial charge in [-0.1, -0.05) is 30.3 Å². The highest BCUT2D eigenvalue weighted by Crippen LogP contribution is 2.24. The molecule has 1 aromatic rings. The lowest BCUT2D eigenvalue weighted by molar-refractivity contribution is -0.255. The summed E-state index contributed by atoms with van der Waals surface area (Å²) < 4.78 is 16.5. The molecule has 1 aromatic carbocycles. The van der Waals surface area contributed by atoms with Gasteiger partial charge in [-0.3, -0.25) is 4.79 Å². The van der Waals surface area contributed by atoms with Gasteiger partial charge in [0, 0.05) is 6.42 Å². The van der Waals surface area contributed by atoms with E-state index in [-0.39, 0.29) is 19.0 Å². The number of carbonyl (C=O) groups excluding carboxylic acids is 1. The second-order valence-corrected chi connectivity index (χ2v) is 7.04. The van der Waals surface area contributed by atoms with Crippen molar-refractivity contribution in [3.8, 4) is 0 Å². The molecule has 0 spiro atoms. The number of hydrogen-bond donors (Lipinski definition) is 2. The quantitative estimate of drug-likeness (QED) is 0.794. The molecule has 0 saturated carbocycles. The number of benzene rings is 1. The van der Waals surface area contributed by atoms with Crippen molar-refractivity contribution in [1.29, 1.82) is 0 Å². The van der Waals surface area contributed by atoms with Gasteiger partial charge >= 0.3 is 5.97 Å². The summed E-state index contributed by atoms with van der Waals surface area (Å²) in [5.74, 6) is -0.373. The van der Waals surface area contributed by atoms with Gasteiger partial charge in [-0.05, 0) is 26.3 Å². The summed E-state index contributed by atoms with van der Waals surface area (Å²) in [5, 5.41) is 19.9. The zero-order valence-electron chi connectivity index (χ0n) is 14.3. The molecule has 1 aliphatic heterocycles. The molecule has 0 aromatic heterocycles. The Kier molecular flexibility index (Phi) is 6.34. The number of carbonyl (C=O) groups is 1. The maximum absolute atomic E-state index is 11.9. The molecule has 2 rings (SSSR count). The standard InChI is InChI=1S/C18H26O6/c1-18(2,3)17(21)23-11-14-16(13(19)9-15(20)24-14)22-10-12-7-5-4-6-8-12/h4-8,13-16,19-20H,9-11H2,1-3H3/t13-,14-,15?,16-/m1/s1. The highest BCUT2D eigenvalue weighted by atomic mass is 16.6. The van der Waals surface area contributed by atoms with Crippen LogP contribution < -0.4 is 0 Å². The van der Waals surface area contributed by atoms with Gasteiger partial charge in [-0.25, -0.2) is 0 Å². The second kappa shape index (κ2) is 8.07. The fraction of sp³-hybridized carbons (Fsp3) is 0.611. The third-order valence-electron chi connectivity index (χ3n) is 3.80. The highest BCUT2D eigenvalue weighted by molar-refractivity contribution is 5.75. The number of aliphatic hydroxyl groups excluding tert-OH is 2. The fourth-order valence-electron chi connectivity index (χ4n) is 2.42. The van der Waals surface area contributed by atoms with Crippen LogP contribution in [-0.4, -0.2) is 47.4 Å². The van der Waals surface area contributed by atoms with Crippen LogP contribution in [0.3, 0.4) is 0 Å². The molecule has 0 aliphatic carbocycles. The van der Waals surface area contributed by atoms with Crippen molar-refractivity contribution in [2.24, 2.45) is 5.41 Å². The largest absolute Gasteiger partial charge is 0.462 e. The highest BCUT2D eigenvalue weighted by Gasteiger charge is 2.39. The van der Waals surface area contributed by atoms with E-state index in [1.54, 1.807) is 20.8 Å². The number of esters is 1. The Labute approximate surface area is 142 Å². The molecule has 2 N–H and O–H groups in total. The van der Waals surface area contributed by atoms with E-state index in [0.29, 0.717) is 6.61 Å². The first kappa shape index (κ1) is 18.9. The topological polar surface area (TPSA) is 85.2 Å². The number of hydrogen-bond acceptors (Lipinski definition) is 6. The first-order chi connectivity index (χ1) is 11.3. The average Bonchev–Trinajstić information content (AvgIpc) is 2.51. The van der Waals surface area contributed by atoms with Crippen LogP contribution in [0.15, 0.2) is 30.3 Å². The van der Waals surface area contributed by atoms with Crippen molar-refractivity contribution in [2.45, 2.75) is 58.4 Å². The van der Waals surface area contributed by atoms with E-state index in [9.17, 15) is 15.0 Å². The van der Waals surface area contributed by atoms with E-state index < -0.39 is 30.0 Å². The maximum atomic E-state index is 11.9. The normalized spacial score (nSPS) is 27.7. The summed E-state index contributed by atoms with van der Waals surface area (Å²) in [6, 6.07) is 9.55. The Bertz CT molecular complexity index is 524. The minimum Gasteiger partial charge on any atom is -0.462 e. The molecule has 1 heterocycles. The van der Waals surface area contributed by atoms with Crippen LogP contribution in [0.25, 0.3) is 0 Å². The minimum absolute atomic E-state index is 0.0587. The van der Waals surface area contributed by atoms with Crippen LogP contribution in [0.5, 0.6) is 0 Å². The molecule has 134 valence electrons. The first-order valence-electron chi connectivity index (χ1n) is 8.11. The molecule has 24 heavy (non-hydrogen) atoms. The second-order valence-electron chi connectivity index (χ2n) is 7.04. The summed E-state index contributed by atoms with van der Waals surface area (Å²) in [6.07, 6.45) is -3.34. The summed E-state index contributed by atoms with van der Waals surface area (Å²) in [5.41, 5.74) is 0.327. The van der Waals surface area contributed by atoms with Gasteiger partial charge in [0.2, 0.25) is 0 Å². The lowest BCUT2D eigenvalue weighted by Crippen LogP contribution is -2.52. The predicted octanol–water partition coefficient (Wildman–Crippen LogP) is 1.63. The van der Waals surface area contributed by atoms with E-state index in [1.807, 2.05) is 30.3 Å². The predicted molar refractivity (Wildman–Crippen MR) is 86.9 cm³/mol.